The van der Waals surface area contributed by atoms with Crippen molar-refractivity contribution in [2.24, 2.45) is 0 Å². The zero-order valence-corrected chi connectivity index (χ0v) is 15.4. The second kappa shape index (κ2) is 8.26. The normalized spacial score (nSPS) is 15.2. The summed E-state index contributed by atoms with van der Waals surface area (Å²) in [4.78, 5) is 15.0. The van der Waals surface area contributed by atoms with Crippen molar-refractivity contribution in [2.75, 3.05) is 29.9 Å². The Hall–Kier alpha value is -1.20. The van der Waals surface area contributed by atoms with Gasteiger partial charge < -0.3 is 5.32 Å². The maximum absolute atomic E-state index is 12.6. The van der Waals surface area contributed by atoms with Crippen LogP contribution in [0.2, 0.25) is 10.0 Å². The van der Waals surface area contributed by atoms with Gasteiger partial charge in [0, 0.05) is 41.8 Å². The van der Waals surface area contributed by atoms with E-state index in [1.807, 2.05) is 30.0 Å². The van der Waals surface area contributed by atoms with Crippen LogP contribution in [0.25, 0.3) is 0 Å². The second-order valence-electron chi connectivity index (χ2n) is 5.62. The van der Waals surface area contributed by atoms with Gasteiger partial charge in [0.15, 0.2) is 0 Å². The third kappa shape index (κ3) is 4.45. The Morgan fingerprint density at radius 1 is 1.12 bits per heavy atom. The minimum absolute atomic E-state index is 0.246. The van der Waals surface area contributed by atoms with E-state index < -0.39 is 0 Å². The van der Waals surface area contributed by atoms with E-state index in [1.54, 1.807) is 18.2 Å². The smallest absolute Gasteiger partial charge is 0.257 e. The van der Waals surface area contributed by atoms with Gasteiger partial charge in [-0.2, -0.15) is 11.8 Å². The summed E-state index contributed by atoms with van der Waals surface area (Å²) in [5.41, 5.74) is 2.31. The van der Waals surface area contributed by atoms with Gasteiger partial charge in [-0.1, -0.05) is 41.4 Å². The van der Waals surface area contributed by atoms with Crippen LogP contribution in [0.3, 0.4) is 0 Å². The van der Waals surface area contributed by atoms with Crippen molar-refractivity contribution in [2.45, 2.75) is 6.54 Å². The molecule has 0 spiro atoms. The molecule has 0 saturated carbocycles. The lowest BCUT2D eigenvalue weighted by atomic mass is 10.1. The molecule has 0 aliphatic carbocycles. The molecule has 0 atom stereocenters. The quantitative estimate of drug-likeness (QED) is 0.826. The first kappa shape index (κ1) is 17.6. The summed E-state index contributed by atoms with van der Waals surface area (Å²) in [5, 5.41) is 3.85. The van der Waals surface area contributed by atoms with Crippen LogP contribution >= 0.6 is 35.0 Å². The van der Waals surface area contributed by atoms with Crippen LogP contribution in [0.1, 0.15) is 15.9 Å². The van der Waals surface area contributed by atoms with E-state index in [9.17, 15) is 4.79 Å². The average Bonchev–Trinajstić information content (AvgIpc) is 2.59. The van der Waals surface area contributed by atoms with E-state index in [0.29, 0.717) is 15.6 Å². The predicted molar refractivity (Wildman–Crippen MR) is 103 cm³/mol. The van der Waals surface area contributed by atoms with E-state index in [0.717, 1.165) is 42.4 Å². The maximum atomic E-state index is 12.6. The van der Waals surface area contributed by atoms with Crippen molar-refractivity contribution in [3.05, 3.63) is 63.6 Å². The number of carbonyl (C=O) groups excluding carboxylic acids is 1. The van der Waals surface area contributed by atoms with Gasteiger partial charge in [-0.3, -0.25) is 9.69 Å². The highest BCUT2D eigenvalue weighted by molar-refractivity contribution is 7.99. The van der Waals surface area contributed by atoms with Gasteiger partial charge in [0.1, 0.15) is 0 Å². The Balaban J connectivity index is 1.77. The molecule has 1 saturated heterocycles. The Morgan fingerprint density at radius 3 is 2.67 bits per heavy atom. The van der Waals surface area contributed by atoms with Gasteiger partial charge in [0.2, 0.25) is 0 Å². The topological polar surface area (TPSA) is 32.3 Å². The van der Waals surface area contributed by atoms with Crippen molar-refractivity contribution in [3.8, 4) is 0 Å². The van der Waals surface area contributed by atoms with Crippen LogP contribution in [0.15, 0.2) is 42.5 Å². The number of hydrogen-bond donors (Lipinski definition) is 1. The van der Waals surface area contributed by atoms with Crippen molar-refractivity contribution in [1.29, 1.82) is 0 Å². The Morgan fingerprint density at radius 2 is 1.88 bits per heavy atom. The Kier molecular flexibility index (Phi) is 6.06. The first-order valence-corrected chi connectivity index (χ1v) is 9.69. The number of nitrogens with zero attached hydrogens (tertiary/aromatic N) is 1. The summed E-state index contributed by atoms with van der Waals surface area (Å²) >= 11 is 14.1. The van der Waals surface area contributed by atoms with E-state index in [2.05, 4.69) is 16.3 Å². The van der Waals surface area contributed by atoms with E-state index in [-0.39, 0.29) is 5.91 Å². The SMILES string of the molecule is O=C(Nc1ccccc1CN1CCSCC1)c1cc(Cl)ccc1Cl. The van der Waals surface area contributed by atoms with Gasteiger partial charge in [-0.05, 0) is 29.8 Å². The number of hydrogen-bond acceptors (Lipinski definition) is 3. The number of thioether (sulfide) groups is 1. The third-order valence-electron chi connectivity index (χ3n) is 3.94. The minimum atomic E-state index is -0.246. The van der Waals surface area contributed by atoms with Crippen LogP contribution in [-0.4, -0.2) is 35.4 Å². The molecule has 2 aromatic carbocycles. The highest BCUT2D eigenvalue weighted by Gasteiger charge is 2.16. The molecule has 6 heteroatoms. The number of benzene rings is 2. The molecule has 1 fully saturated rings. The molecular formula is C18H18Cl2N2OS. The number of amides is 1. The predicted octanol–water partition coefficient (Wildman–Crippen LogP) is 4.79. The van der Waals surface area contributed by atoms with E-state index in [4.69, 9.17) is 23.2 Å². The zero-order chi connectivity index (χ0) is 16.9. The molecule has 1 aliphatic heterocycles. The fraction of sp³-hybridized carbons (Fsp3) is 0.278. The summed E-state index contributed by atoms with van der Waals surface area (Å²) in [6.07, 6.45) is 0. The van der Waals surface area contributed by atoms with Crippen LogP contribution < -0.4 is 5.32 Å². The number of anilines is 1. The summed E-state index contributed by atoms with van der Waals surface area (Å²) in [5.74, 6) is 2.07. The van der Waals surface area contributed by atoms with Gasteiger partial charge in [-0.15, -0.1) is 0 Å². The minimum Gasteiger partial charge on any atom is -0.322 e. The first-order valence-electron chi connectivity index (χ1n) is 7.78. The monoisotopic (exact) mass is 380 g/mol. The van der Waals surface area contributed by atoms with Crippen LogP contribution in [0.5, 0.6) is 0 Å². The van der Waals surface area contributed by atoms with Crippen LogP contribution in [0, 0.1) is 0 Å². The lowest BCUT2D eigenvalue weighted by molar-refractivity contribution is 0.102. The summed E-state index contributed by atoms with van der Waals surface area (Å²) in [7, 11) is 0. The number of halogens is 2. The third-order valence-corrected chi connectivity index (χ3v) is 5.44. The number of nitrogens with one attached hydrogen (secondary N) is 1. The van der Waals surface area contributed by atoms with Crippen LogP contribution in [-0.2, 0) is 6.54 Å². The molecular weight excluding hydrogens is 363 g/mol. The molecule has 2 aromatic rings. The van der Waals surface area contributed by atoms with E-state index >= 15 is 0 Å². The molecule has 3 rings (SSSR count). The second-order valence-corrected chi connectivity index (χ2v) is 7.69. The molecule has 126 valence electrons. The molecule has 1 N–H and O–H groups in total. The molecule has 0 unspecified atom stereocenters. The summed E-state index contributed by atoms with van der Waals surface area (Å²) in [6, 6.07) is 12.8. The lowest BCUT2D eigenvalue weighted by Crippen LogP contribution is -2.32. The summed E-state index contributed by atoms with van der Waals surface area (Å²) < 4.78 is 0. The molecule has 1 amide bonds. The number of carbonyl (C=O) groups is 1. The fourth-order valence-electron chi connectivity index (χ4n) is 2.64. The fourth-order valence-corrected chi connectivity index (χ4v) is 4.00. The number of rotatable bonds is 4. The van der Waals surface area contributed by atoms with Crippen molar-refractivity contribution >= 4 is 46.6 Å². The van der Waals surface area contributed by atoms with Crippen molar-refractivity contribution in [3.63, 3.8) is 0 Å². The Labute approximate surface area is 156 Å². The Bertz CT molecular complexity index is 733. The molecule has 3 nitrogen and oxygen atoms in total. The highest BCUT2D eigenvalue weighted by Crippen LogP contribution is 2.24. The summed E-state index contributed by atoms with van der Waals surface area (Å²) in [6.45, 7) is 2.99. The first-order chi connectivity index (χ1) is 11.6. The van der Waals surface area contributed by atoms with Gasteiger partial charge in [-0.25, -0.2) is 0 Å². The molecule has 0 radical (unpaired) electrons. The maximum Gasteiger partial charge on any atom is 0.257 e. The van der Waals surface area contributed by atoms with Gasteiger partial charge in [0.05, 0.1) is 10.6 Å². The lowest BCUT2D eigenvalue weighted by Gasteiger charge is -2.27. The zero-order valence-electron chi connectivity index (χ0n) is 13.1. The van der Waals surface area contributed by atoms with Crippen molar-refractivity contribution in [1.82, 2.24) is 4.90 Å². The molecule has 1 heterocycles. The molecule has 24 heavy (non-hydrogen) atoms. The largest absolute Gasteiger partial charge is 0.322 e. The van der Waals surface area contributed by atoms with Gasteiger partial charge in [0.25, 0.3) is 5.91 Å². The number of para-hydroxylation sites is 1. The molecule has 0 aromatic heterocycles. The molecule has 1 aliphatic rings. The molecule has 0 bridgehead atoms. The average molecular weight is 381 g/mol. The van der Waals surface area contributed by atoms with E-state index in [1.165, 1.54) is 0 Å². The standard InChI is InChI=1S/C18H18Cl2N2OS/c19-14-5-6-16(20)15(11-14)18(23)21-17-4-2-1-3-13(17)12-22-7-9-24-10-8-22/h1-6,11H,7-10,12H2,(H,21,23). The van der Waals surface area contributed by atoms with Gasteiger partial charge >= 0.3 is 0 Å². The van der Waals surface area contributed by atoms with Crippen LogP contribution in [0.4, 0.5) is 5.69 Å². The van der Waals surface area contributed by atoms with Crippen molar-refractivity contribution < 1.29 is 4.79 Å². The highest BCUT2D eigenvalue weighted by atomic mass is 35.5.